The van der Waals surface area contributed by atoms with Gasteiger partial charge in [0.15, 0.2) is 11.5 Å². The standard InChI is InChI=1S/C17H16Cl2N2O3/c18-11-1-3-14(13(19)9-11)21-17(22)5-6-20-12-2-4-15-16(10-12)24-8-7-23-15/h1-4,9-10,20H,5-8H2,(H,21,22). The summed E-state index contributed by atoms with van der Waals surface area (Å²) in [6, 6.07) is 10.5. The van der Waals surface area contributed by atoms with Crippen LogP contribution in [0.25, 0.3) is 0 Å². The molecule has 2 aromatic carbocycles. The van der Waals surface area contributed by atoms with Gasteiger partial charge in [-0.1, -0.05) is 23.2 Å². The molecule has 0 aliphatic carbocycles. The minimum absolute atomic E-state index is 0.135. The monoisotopic (exact) mass is 366 g/mol. The molecule has 7 heteroatoms. The number of hydrogen-bond acceptors (Lipinski definition) is 4. The second-order valence-electron chi connectivity index (χ2n) is 5.21. The van der Waals surface area contributed by atoms with Crippen molar-refractivity contribution in [3.8, 4) is 11.5 Å². The molecule has 0 radical (unpaired) electrons. The quantitative estimate of drug-likeness (QED) is 0.832. The number of rotatable bonds is 5. The van der Waals surface area contributed by atoms with Crippen LogP contribution in [0.2, 0.25) is 10.0 Å². The van der Waals surface area contributed by atoms with Crippen molar-refractivity contribution in [3.05, 3.63) is 46.4 Å². The first-order valence-corrected chi connectivity index (χ1v) is 8.26. The molecule has 1 heterocycles. The number of carbonyl (C=O) groups excluding carboxylic acids is 1. The molecule has 0 bridgehead atoms. The molecule has 2 aromatic rings. The number of fused-ring (bicyclic) bond motifs is 1. The largest absolute Gasteiger partial charge is 0.486 e. The Labute approximate surface area is 149 Å². The Hall–Kier alpha value is -2.11. The van der Waals surface area contributed by atoms with E-state index in [-0.39, 0.29) is 5.91 Å². The summed E-state index contributed by atoms with van der Waals surface area (Å²) in [4.78, 5) is 12.0. The zero-order valence-electron chi connectivity index (χ0n) is 12.8. The van der Waals surface area contributed by atoms with E-state index in [1.807, 2.05) is 18.2 Å². The Kier molecular flexibility index (Phi) is 5.33. The Morgan fingerprint density at radius 2 is 1.83 bits per heavy atom. The molecular formula is C17H16Cl2N2O3. The third kappa shape index (κ3) is 4.24. The number of benzene rings is 2. The van der Waals surface area contributed by atoms with Crippen molar-refractivity contribution in [3.63, 3.8) is 0 Å². The van der Waals surface area contributed by atoms with E-state index in [0.717, 1.165) is 11.4 Å². The lowest BCUT2D eigenvalue weighted by Gasteiger charge is -2.19. The van der Waals surface area contributed by atoms with E-state index >= 15 is 0 Å². The SMILES string of the molecule is O=C(CCNc1ccc2c(c1)OCCO2)Nc1ccc(Cl)cc1Cl. The molecule has 126 valence electrons. The molecule has 2 N–H and O–H groups in total. The van der Waals surface area contributed by atoms with Crippen molar-refractivity contribution in [2.45, 2.75) is 6.42 Å². The van der Waals surface area contributed by atoms with Crippen LogP contribution in [0.4, 0.5) is 11.4 Å². The summed E-state index contributed by atoms with van der Waals surface area (Å²) in [5.41, 5.74) is 1.42. The fraction of sp³-hybridized carbons (Fsp3) is 0.235. The maximum Gasteiger partial charge on any atom is 0.226 e. The Morgan fingerprint density at radius 3 is 2.62 bits per heavy atom. The van der Waals surface area contributed by atoms with Crippen molar-refractivity contribution in [1.82, 2.24) is 0 Å². The number of anilines is 2. The number of ether oxygens (including phenoxy) is 2. The molecule has 0 unspecified atom stereocenters. The van der Waals surface area contributed by atoms with Crippen LogP contribution in [0.5, 0.6) is 11.5 Å². The van der Waals surface area contributed by atoms with Crippen LogP contribution in [0.15, 0.2) is 36.4 Å². The van der Waals surface area contributed by atoms with E-state index < -0.39 is 0 Å². The van der Waals surface area contributed by atoms with Gasteiger partial charge < -0.3 is 20.1 Å². The van der Waals surface area contributed by atoms with Crippen molar-refractivity contribution < 1.29 is 14.3 Å². The van der Waals surface area contributed by atoms with Gasteiger partial charge in [0, 0.05) is 29.7 Å². The van der Waals surface area contributed by atoms with Gasteiger partial charge in [0.05, 0.1) is 10.7 Å². The van der Waals surface area contributed by atoms with Gasteiger partial charge >= 0.3 is 0 Å². The van der Waals surface area contributed by atoms with Gasteiger partial charge in [0.2, 0.25) is 5.91 Å². The Bertz CT molecular complexity index is 753. The molecule has 1 aliphatic rings. The van der Waals surface area contributed by atoms with Gasteiger partial charge in [-0.15, -0.1) is 0 Å². The van der Waals surface area contributed by atoms with E-state index in [1.165, 1.54) is 0 Å². The van der Waals surface area contributed by atoms with Crippen LogP contribution in [0.1, 0.15) is 6.42 Å². The maximum atomic E-state index is 12.0. The van der Waals surface area contributed by atoms with Crippen LogP contribution < -0.4 is 20.1 Å². The number of hydrogen-bond donors (Lipinski definition) is 2. The third-order valence-electron chi connectivity index (χ3n) is 3.43. The minimum Gasteiger partial charge on any atom is -0.486 e. The summed E-state index contributed by atoms with van der Waals surface area (Å²) >= 11 is 11.9. The first kappa shape index (κ1) is 16.7. The number of carbonyl (C=O) groups is 1. The van der Waals surface area contributed by atoms with Crippen LogP contribution in [-0.4, -0.2) is 25.7 Å². The zero-order chi connectivity index (χ0) is 16.9. The van der Waals surface area contributed by atoms with Gasteiger partial charge in [-0.05, 0) is 30.3 Å². The molecule has 0 spiro atoms. The van der Waals surface area contributed by atoms with Crippen LogP contribution >= 0.6 is 23.2 Å². The third-order valence-corrected chi connectivity index (χ3v) is 3.98. The van der Waals surface area contributed by atoms with Gasteiger partial charge in [0.1, 0.15) is 13.2 Å². The lowest BCUT2D eigenvalue weighted by molar-refractivity contribution is -0.115. The fourth-order valence-electron chi connectivity index (χ4n) is 2.28. The van der Waals surface area contributed by atoms with E-state index in [0.29, 0.717) is 47.7 Å². The second kappa shape index (κ2) is 7.64. The molecule has 0 atom stereocenters. The highest BCUT2D eigenvalue weighted by Crippen LogP contribution is 2.32. The van der Waals surface area contributed by atoms with Gasteiger partial charge in [0.25, 0.3) is 0 Å². The molecule has 0 fully saturated rings. The highest BCUT2D eigenvalue weighted by molar-refractivity contribution is 6.36. The van der Waals surface area contributed by atoms with E-state index in [2.05, 4.69) is 10.6 Å². The predicted molar refractivity (Wildman–Crippen MR) is 95.6 cm³/mol. The normalized spacial score (nSPS) is 12.6. The summed E-state index contributed by atoms with van der Waals surface area (Å²) in [5, 5.41) is 6.88. The van der Waals surface area contributed by atoms with E-state index in [1.54, 1.807) is 18.2 Å². The number of nitrogens with one attached hydrogen (secondary N) is 2. The summed E-state index contributed by atoms with van der Waals surface area (Å²) in [6.45, 7) is 1.59. The zero-order valence-corrected chi connectivity index (χ0v) is 14.3. The van der Waals surface area contributed by atoms with Gasteiger partial charge in [-0.2, -0.15) is 0 Å². The molecular weight excluding hydrogens is 351 g/mol. The molecule has 0 aromatic heterocycles. The maximum absolute atomic E-state index is 12.0. The molecule has 1 amide bonds. The minimum atomic E-state index is -0.135. The van der Waals surface area contributed by atoms with Crippen molar-refractivity contribution >= 4 is 40.5 Å². The van der Waals surface area contributed by atoms with E-state index in [9.17, 15) is 4.79 Å². The van der Waals surface area contributed by atoms with Gasteiger partial charge in [-0.3, -0.25) is 4.79 Å². The van der Waals surface area contributed by atoms with Crippen molar-refractivity contribution in [2.75, 3.05) is 30.4 Å². The average Bonchev–Trinajstić information content (AvgIpc) is 2.57. The first-order valence-electron chi connectivity index (χ1n) is 7.50. The number of amides is 1. The van der Waals surface area contributed by atoms with Crippen LogP contribution in [0.3, 0.4) is 0 Å². The topological polar surface area (TPSA) is 59.6 Å². The predicted octanol–water partition coefficient (Wildman–Crippen LogP) is 4.21. The summed E-state index contributed by atoms with van der Waals surface area (Å²) in [5.74, 6) is 1.31. The van der Waals surface area contributed by atoms with Crippen molar-refractivity contribution in [2.24, 2.45) is 0 Å². The summed E-state index contributed by atoms with van der Waals surface area (Å²) < 4.78 is 11.0. The summed E-state index contributed by atoms with van der Waals surface area (Å²) in [7, 11) is 0. The van der Waals surface area contributed by atoms with Crippen molar-refractivity contribution in [1.29, 1.82) is 0 Å². The van der Waals surface area contributed by atoms with Crippen LogP contribution in [0, 0.1) is 0 Å². The molecule has 1 aliphatic heterocycles. The second-order valence-corrected chi connectivity index (χ2v) is 6.05. The lowest BCUT2D eigenvalue weighted by Crippen LogP contribution is -2.17. The Balaban J connectivity index is 1.50. The summed E-state index contributed by atoms with van der Waals surface area (Å²) in [6.07, 6.45) is 0.299. The Morgan fingerprint density at radius 1 is 1.04 bits per heavy atom. The molecule has 3 rings (SSSR count). The highest BCUT2D eigenvalue weighted by Gasteiger charge is 2.12. The molecule has 24 heavy (non-hydrogen) atoms. The first-order chi connectivity index (χ1) is 11.6. The molecule has 0 saturated heterocycles. The molecule has 5 nitrogen and oxygen atoms in total. The number of halogens is 2. The highest BCUT2D eigenvalue weighted by atomic mass is 35.5. The average molecular weight is 367 g/mol. The fourth-order valence-corrected chi connectivity index (χ4v) is 2.73. The van der Waals surface area contributed by atoms with Crippen LogP contribution in [-0.2, 0) is 4.79 Å². The van der Waals surface area contributed by atoms with E-state index in [4.69, 9.17) is 32.7 Å². The lowest BCUT2D eigenvalue weighted by atomic mass is 10.2. The van der Waals surface area contributed by atoms with Gasteiger partial charge in [-0.25, -0.2) is 0 Å². The smallest absolute Gasteiger partial charge is 0.226 e. The molecule has 0 saturated carbocycles.